The number of hydrogen-bond acceptors (Lipinski definition) is 3. The molecular weight excluding hydrogens is 288 g/mol. The molecule has 0 radical (unpaired) electrons. The van der Waals surface area contributed by atoms with Crippen molar-refractivity contribution >= 4 is 15.9 Å². The second kappa shape index (κ2) is 7.04. The molecule has 1 unspecified atom stereocenters. The minimum atomic E-state index is -3.30. The number of amides is 1. The van der Waals surface area contributed by atoms with Crippen molar-refractivity contribution in [3.8, 4) is 0 Å². The zero-order chi connectivity index (χ0) is 15.3. The fourth-order valence-electron chi connectivity index (χ4n) is 2.67. The first-order valence-electron chi connectivity index (χ1n) is 7.27. The van der Waals surface area contributed by atoms with E-state index in [0.29, 0.717) is 19.5 Å². The van der Waals surface area contributed by atoms with Gasteiger partial charge in [0.1, 0.15) is 6.04 Å². The lowest BCUT2D eigenvalue weighted by molar-refractivity contribution is -0.124. The van der Waals surface area contributed by atoms with E-state index in [1.165, 1.54) is 9.87 Å². The van der Waals surface area contributed by atoms with E-state index in [4.69, 9.17) is 0 Å². The fraction of sp³-hybridized carbons (Fsp3) is 0.533. The summed E-state index contributed by atoms with van der Waals surface area (Å²) in [5, 5.41) is 2.85. The number of benzene rings is 1. The molecule has 1 aliphatic rings. The Hall–Kier alpha value is -1.40. The van der Waals surface area contributed by atoms with Crippen LogP contribution in [0.15, 0.2) is 30.3 Å². The van der Waals surface area contributed by atoms with Gasteiger partial charge < -0.3 is 5.32 Å². The number of carbonyl (C=O) groups is 1. The Balaban J connectivity index is 1.77. The van der Waals surface area contributed by atoms with E-state index >= 15 is 0 Å². The van der Waals surface area contributed by atoms with Gasteiger partial charge in [-0.1, -0.05) is 30.3 Å². The van der Waals surface area contributed by atoms with Gasteiger partial charge in [-0.2, -0.15) is 4.31 Å². The van der Waals surface area contributed by atoms with Crippen LogP contribution < -0.4 is 5.32 Å². The normalized spacial score (nSPS) is 19.6. The largest absolute Gasteiger partial charge is 0.355 e. The van der Waals surface area contributed by atoms with Crippen molar-refractivity contribution in [1.82, 2.24) is 9.62 Å². The number of nitrogens with one attached hydrogen (secondary N) is 1. The first-order valence-corrected chi connectivity index (χ1v) is 9.12. The molecular formula is C15H22N2O3S. The van der Waals surface area contributed by atoms with E-state index in [9.17, 15) is 13.2 Å². The van der Waals surface area contributed by atoms with E-state index in [2.05, 4.69) is 17.4 Å². The summed E-state index contributed by atoms with van der Waals surface area (Å²) in [4.78, 5) is 12.1. The van der Waals surface area contributed by atoms with Crippen LogP contribution in [0.4, 0.5) is 0 Å². The summed E-state index contributed by atoms with van der Waals surface area (Å²) >= 11 is 0. The Labute approximate surface area is 126 Å². The molecule has 1 aromatic rings. The van der Waals surface area contributed by atoms with Gasteiger partial charge in [0, 0.05) is 13.1 Å². The molecule has 1 fully saturated rings. The van der Waals surface area contributed by atoms with Crippen LogP contribution in [-0.2, 0) is 21.2 Å². The third-order valence-electron chi connectivity index (χ3n) is 3.72. The highest BCUT2D eigenvalue weighted by atomic mass is 32.2. The van der Waals surface area contributed by atoms with E-state index in [0.717, 1.165) is 25.5 Å². The zero-order valence-electron chi connectivity index (χ0n) is 12.3. The summed E-state index contributed by atoms with van der Waals surface area (Å²) in [5.41, 5.74) is 1.24. The highest BCUT2D eigenvalue weighted by Crippen LogP contribution is 2.20. The van der Waals surface area contributed by atoms with Crippen LogP contribution >= 0.6 is 0 Å². The molecule has 5 nitrogen and oxygen atoms in total. The first kappa shape index (κ1) is 16.0. The van der Waals surface area contributed by atoms with Crippen molar-refractivity contribution < 1.29 is 13.2 Å². The molecule has 0 aliphatic carbocycles. The lowest BCUT2D eigenvalue weighted by atomic mass is 10.1. The zero-order valence-corrected chi connectivity index (χ0v) is 13.1. The Bertz CT molecular complexity index is 572. The minimum absolute atomic E-state index is 0.175. The van der Waals surface area contributed by atoms with Crippen molar-refractivity contribution in [2.24, 2.45) is 0 Å². The average molecular weight is 310 g/mol. The fourth-order valence-corrected chi connectivity index (χ4v) is 3.79. The van der Waals surface area contributed by atoms with Crippen LogP contribution in [0.25, 0.3) is 0 Å². The molecule has 0 aromatic heterocycles. The number of sulfonamides is 1. The van der Waals surface area contributed by atoms with Crippen molar-refractivity contribution in [3.05, 3.63) is 35.9 Å². The van der Waals surface area contributed by atoms with Gasteiger partial charge in [-0.25, -0.2) is 8.42 Å². The molecule has 1 amide bonds. The molecule has 116 valence electrons. The van der Waals surface area contributed by atoms with Gasteiger partial charge in [0.2, 0.25) is 15.9 Å². The molecule has 1 N–H and O–H groups in total. The van der Waals surface area contributed by atoms with E-state index in [1.807, 2.05) is 18.2 Å². The summed E-state index contributed by atoms with van der Waals surface area (Å²) in [6.07, 6.45) is 4.27. The molecule has 1 atom stereocenters. The Morgan fingerprint density at radius 2 is 2.05 bits per heavy atom. The molecule has 2 rings (SSSR count). The molecule has 1 saturated heterocycles. The van der Waals surface area contributed by atoms with Crippen LogP contribution in [0.5, 0.6) is 0 Å². The van der Waals surface area contributed by atoms with E-state index in [1.54, 1.807) is 0 Å². The van der Waals surface area contributed by atoms with Crippen LogP contribution in [-0.4, -0.2) is 44.0 Å². The minimum Gasteiger partial charge on any atom is -0.355 e. The maximum absolute atomic E-state index is 12.1. The maximum Gasteiger partial charge on any atom is 0.238 e. The quantitative estimate of drug-likeness (QED) is 0.802. The average Bonchev–Trinajstić information content (AvgIpc) is 2.94. The van der Waals surface area contributed by atoms with Crippen molar-refractivity contribution in [2.45, 2.75) is 31.7 Å². The summed E-state index contributed by atoms with van der Waals surface area (Å²) in [6.45, 7) is 1.02. The molecule has 0 bridgehead atoms. The lowest BCUT2D eigenvalue weighted by Crippen LogP contribution is -2.45. The Morgan fingerprint density at radius 3 is 2.71 bits per heavy atom. The van der Waals surface area contributed by atoms with Crippen molar-refractivity contribution in [1.29, 1.82) is 0 Å². The third-order valence-corrected chi connectivity index (χ3v) is 5.01. The lowest BCUT2D eigenvalue weighted by Gasteiger charge is -2.21. The van der Waals surface area contributed by atoms with Gasteiger partial charge in [-0.3, -0.25) is 4.79 Å². The highest BCUT2D eigenvalue weighted by Gasteiger charge is 2.36. The summed E-state index contributed by atoms with van der Waals surface area (Å²) in [6, 6.07) is 9.56. The standard InChI is InChI=1S/C15H22N2O3S/c1-21(19,20)17-12-6-10-14(17)15(18)16-11-5-9-13-7-3-2-4-8-13/h2-4,7-8,14H,5-6,9-12H2,1H3,(H,16,18). The third kappa shape index (κ3) is 4.54. The summed E-state index contributed by atoms with van der Waals surface area (Å²) in [5.74, 6) is -0.175. The monoisotopic (exact) mass is 310 g/mol. The Morgan fingerprint density at radius 1 is 1.33 bits per heavy atom. The second-order valence-corrected chi connectivity index (χ2v) is 7.35. The summed E-state index contributed by atoms with van der Waals surface area (Å²) < 4.78 is 24.5. The van der Waals surface area contributed by atoms with Crippen molar-refractivity contribution in [3.63, 3.8) is 0 Å². The highest BCUT2D eigenvalue weighted by molar-refractivity contribution is 7.88. The number of carbonyl (C=O) groups excluding carboxylic acids is 1. The first-order chi connectivity index (χ1) is 9.98. The predicted molar refractivity (Wildman–Crippen MR) is 82.3 cm³/mol. The van der Waals surface area contributed by atoms with Gasteiger partial charge in [0.25, 0.3) is 0 Å². The number of hydrogen-bond donors (Lipinski definition) is 1. The van der Waals surface area contributed by atoms with E-state index < -0.39 is 16.1 Å². The van der Waals surface area contributed by atoms with Crippen LogP contribution in [0.3, 0.4) is 0 Å². The smallest absolute Gasteiger partial charge is 0.238 e. The number of aryl methyl sites for hydroxylation is 1. The predicted octanol–water partition coefficient (Wildman–Crippen LogP) is 1.16. The van der Waals surface area contributed by atoms with Gasteiger partial charge in [-0.15, -0.1) is 0 Å². The number of nitrogens with zero attached hydrogens (tertiary/aromatic N) is 1. The van der Waals surface area contributed by atoms with Gasteiger partial charge in [0.05, 0.1) is 6.26 Å². The van der Waals surface area contributed by atoms with E-state index in [-0.39, 0.29) is 5.91 Å². The van der Waals surface area contributed by atoms with Crippen LogP contribution in [0.2, 0.25) is 0 Å². The molecule has 0 spiro atoms. The SMILES string of the molecule is CS(=O)(=O)N1CCCC1C(=O)NCCCc1ccccc1. The summed E-state index contributed by atoms with van der Waals surface area (Å²) in [7, 11) is -3.30. The van der Waals surface area contributed by atoms with Crippen molar-refractivity contribution in [2.75, 3.05) is 19.3 Å². The second-order valence-electron chi connectivity index (χ2n) is 5.41. The van der Waals surface area contributed by atoms with Gasteiger partial charge >= 0.3 is 0 Å². The molecule has 1 aliphatic heterocycles. The molecule has 6 heteroatoms. The molecule has 1 aromatic carbocycles. The van der Waals surface area contributed by atoms with Crippen LogP contribution in [0.1, 0.15) is 24.8 Å². The maximum atomic E-state index is 12.1. The van der Waals surface area contributed by atoms with Gasteiger partial charge in [-0.05, 0) is 31.2 Å². The molecule has 1 heterocycles. The Kier molecular flexibility index (Phi) is 5.36. The molecule has 21 heavy (non-hydrogen) atoms. The molecule has 0 saturated carbocycles. The van der Waals surface area contributed by atoms with Gasteiger partial charge in [0.15, 0.2) is 0 Å². The topological polar surface area (TPSA) is 66.5 Å². The van der Waals surface area contributed by atoms with Crippen LogP contribution in [0, 0.1) is 0 Å². The number of rotatable bonds is 6.